The van der Waals surface area contributed by atoms with Gasteiger partial charge in [-0.05, 0) is 31.1 Å². The van der Waals surface area contributed by atoms with Gasteiger partial charge in [-0.3, -0.25) is 14.4 Å². The van der Waals surface area contributed by atoms with Crippen LogP contribution in [0, 0.1) is 11.8 Å². The Morgan fingerprint density at radius 2 is 0.611 bits per heavy atom. The number of unbranched alkanes of at least 4 members (excludes halogenated alkanes) is 27. The van der Waals surface area contributed by atoms with Gasteiger partial charge in [0, 0.05) is 19.3 Å². The van der Waals surface area contributed by atoms with Crippen LogP contribution in [-0.4, -0.2) is 37.2 Å². The minimum atomic E-state index is -0.761. The van der Waals surface area contributed by atoms with Crippen LogP contribution >= 0.6 is 0 Å². The van der Waals surface area contributed by atoms with Crippen LogP contribution in [0.4, 0.5) is 0 Å². The van der Waals surface area contributed by atoms with Gasteiger partial charge in [-0.25, -0.2) is 0 Å². The summed E-state index contributed by atoms with van der Waals surface area (Å²) in [6, 6.07) is 0. The van der Waals surface area contributed by atoms with Gasteiger partial charge in [0.25, 0.3) is 0 Å². The Labute approximate surface area is 336 Å². The summed E-state index contributed by atoms with van der Waals surface area (Å²) in [6.45, 7) is 11.3. The predicted molar refractivity (Wildman–Crippen MR) is 229 cm³/mol. The van der Waals surface area contributed by atoms with Gasteiger partial charge >= 0.3 is 17.9 Å². The smallest absolute Gasteiger partial charge is 0.306 e. The molecule has 0 rings (SSSR count). The molecule has 0 fully saturated rings. The van der Waals surface area contributed by atoms with Crippen molar-refractivity contribution < 1.29 is 28.6 Å². The first kappa shape index (κ1) is 52.4. The highest BCUT2D eigenvalue weighted by Gasteiger charge is 2.19. The van der Waals surface area contributed by atoms with E-state index in [2.05, 4.69) is 34.6 Å². The summed E-state index contributed by atoms with van der Waals surface area (Å²) in [5.41, 5.74) is 0. The Balaban J connectivity index is 4.31. The Hall–Kier alpha value is -1.59. The molecular formula is C48H92O6. The van der Waals surface area contributed by atoms with Gasteiger partial charge in [0.05, 0.1) is 0 Å². The first-order chi connectivity index (χ1) is 26.2. The van der Waals surface area contributed by atoms with Crippen molar-refractivity contribution in [2.24, 2.45) is 11.8 Å². The summed E-state index contributed by atoms with van der Waals surface area (Å²) in [6.07, 6.45) is 39.6. The lowest BCUT2D eigenvalue weighted by Gasteiger charge is -2.18. The van der Waals surface area contributed by atoms with Crippen molar-refractivity contribution in [3.8, 4) is 0 Å². The van der Waals surface area contributed by atoms with E-state index < -0.39 is 6.10 Å². The van der Waals surface area contributed by atoms with Crippen LogP contribution in [0.15, 0.2) is 0 Å². The number of esters is 3. The minimum Gasteiger partial charge on any atom is -0.462 e. The molecule has 54 heavy (non-hydrogen) atoms. The molecule has 1 atom stereocenters. The van der Waals surface area contributed by atoms with Crippen LogP contribution in [0.25, 0.3) is 0 Å². The number of rotatable bonds is 42. The molecule has 0 aromatic heterocycles. The van der Waals surface area contributed by atoms with E-state index in [4.69, 9.17) is 14.2 Å². The maximum absolute atomic E-state index is 12.7. The zero-order valence-electron chi connectivity index (χ0n) is 36.8. The maximum atomic E-state index is 12.7. The van der Waals surface area contributed by atoms with Crippen LogP contribution in [0.2, 0.25) is 0 Å². The number of carbonyl (C=O) groups is 3. The van der Waals surface area contributed by atoms with E-state index in [1.54, 1.807) is 0 Å². The predicted octanol–water partition coefficient (Wildman–Crippen LogP) is 15.0. The summed E-state index contributed by atoms with van der Waals surface area (Å²) in [5.74, 6) is 0.723. The van der Waals surface area contributed by atoms with Gasteiger partial charge in [-0.1, -0.05) is 221 Å². The quantitative estimate of drug-likeness (QED) is 0.0350. The van der Waals surface area contributed by atoms with Crippen LogP contribution in [0.5, 0.6) is 0 Å². The number of hydrogen-bond acceptors (Lipinski definition) is 6. The third kappa shape index (κ3) is 41.6. The molecule has 0 N–H and O–H groups in total. The molecule has 0 aromatic rings. The van der Waals surface area contributed by atoms with Crippen LogP contribution in [-0.2, 0) is 28.6 Å². The van der Waals surface area contributed by atoms with Crippen molar-refractivity contribution in [3.63, 3.8) is 0 Å². The van der Waals surface area contributed by atoms with E-state index in [0.717, 1.165) is 69.6 Å². The van der Waals surface area contributed by atoms with E-state index in [-0.39, 0.29) is 31.1 Å². The maximum Gasteiger partial charge on any atom is 0.306 e. The van der Waals surface area contributed by atoms with E-state index in [1.807, 2.05) is 0 Å². The molecule has 0 saturated carbocycles. The van der Waals surface area contributed by atoms with E-state index in [0.29, 0.717) is 19.3 Å². The third-order valence-corrected chi connectivity index (χ3v) is 10.7. The lowest BCUT2D eigenvalue weighted by atomic mass is 10.0. The van der Waals surface area contributed by atoms with Crippen molar-refractivity contribution >= 4 is 17.9 Å². The van der Waals surface area contributed by atoms with Gasteiger partial charge < -0.3 is 14.2 Å². The molecule has 0 aliphatic rings. The summed E-state index contributed by atoms with van der Waals surface area (Å²) >= 11 is 0. The van der Waals surface area contributed by atoms with Crippen molar-refractivity contribution in [1.29, 1.82) is 0 Å². The zero-order chi connectivity index (χ0) is 39.7. The molecule has 0 aliphatic carbocycles. The summed E-state index contributed by atoms with van der Waals surface area (Å²) in [5, 5.41) is 0. The topological polar surface area (TPSA) is 78.9 Å². The fourth-order valence-corrected chi connectivity index (χ4v) is 7.11. The molecule has 0 saturated heterocycles. The molecular weight excluding hydrogens is 673 g/mol. The molecule has 0 bridgehead atoms. The standard InChI is InChI=1S/C48H92O6/c1-6-7-8-9-10-11-12-13-14-15-20-23-30-35-40-48(51)54-45(42-53-47(50)39-34-29-25-24-27-32-37-44(4)5)41-52-46(49)38-33-28-22-19-17-16-18-21-26-31-36-43(2)3/h43-45H,6-42H2,1-5H3/t45-/m1/s1. The second-order valence-electron chi connectivity index (χ2n) is 17.3. The Bertz CT molecular complexity index is 824. The first-order valence-corrected chi connectivity index (χ1v) is 23.7. The molecule has 0 unspecified atom stereocenters. The number of ether oxygens (including phenoxy) is 3. The SMILES string of the molecule is CCCCCCCCCCCCCCCCC(=O)O[C@H](COC(=O)CCCCCCCCCCCCC(C)C)COC(=O)CCCCCCCCC(C)C. The Morgan fingerprint density at radius 1 is 0.352 bits per heavy atom. The second kappa shape index (κ2) is 41.1. The summed E-state index contributed by atoms with van der Waals surface area (Å²) in [4.78, 5) is 37.7. The van der Waals surface area contributed by atoms with Crippen molar-refractivity contribution in [2.75, 3.05) is 13.2 Å². The monoisotopic (exact) mass is 765 g/mol. The third-order valence-electron chi connectivity index (χ3n) is 10.7. The van der Waals surface area contributed by atoms with Gasteiger partial charge in [0.1, 0.15) is 13.2 Å². The highest BCUT2D eigenvalue weighted by atomic mass is 16.6. The number of carbonyl (C=O) groups excluding carboxylic acids is 3. The summed E-state index contributed by atoms with van der Waals surface area (Å²) < 4.78 is 16.7. The molecule has 0 radical (unpaired) electrons. The van der Waals surface area contributed by atoms with E-state index in [9.17, 15) is 14.4 Å². The van der Waals surface area contributed by atoms with Gasteiger partial charge in [0.15, 0.2) is 6.10 Å². The van der Waals surface area contributed by atoms with E-state index in [1.165, 1.54) is 148 Å². The normalized spacial score (nSPS) is 12.1. The molecule has 0 heterocycles. The minimum absolute atomic E-state index is 0.0653. The summed E-state index contributed by atoms with van der Waals surface area (Å²) in [7, 11) is 0. The van der Waals surface area contributed by atoms with Crippen LogP contribution in [0.1, 0.15) is 259 Å². The average Bonchev–Trinajstić information content (AvgIpc) is 3.14. The van der Waals surface area contributed by atoms with Crippen molar-refractivity contribution in [1.82, 2.24) is 0 Å². The van der Waals surface area contributed by atoms with Gasteiger partial charge in [-0.2, -0.15) is 0 Å². The lowest BCUT2D eigenvalue weighted by molar-refractivity contribution is -0.167. The van der Waals surface area contributed by atoms with E-state index >= 15 is 0 Å². The molecule has 6 nitrogen and oxygen atoms in total. The van der Waals surface area contributed by atoms with Gasteiger partial charge in [0.2, 0.25) is 0 Å². The molecule has 320 valence electrons. The van der Waals surface area contributed by atoms with Crippen LogP contribution in [0.3, 0.4) is 0 Å². The molecule has 0 aromatic carbocycles. The van der Waals surface area contributed by atoms with Crippen molar-refractivity contribution in [2.45, 2.75) is 265 Å². The molecule has 0 amide bonds. The van der Waals surface area contributed by atoms with Crippen LogP contribution < -0.4 is 0 Å². The molecule has 0 spiro atoms. The Morgan fingerprint density at radius 3 is 0.907 bits per heavy atom. The fraction of sp³-hybridized carbons (Fsp3) is 0.938. The molecule has 6 heteroatoms. The fourth-order valence-electron chi connectivity index (χ4n) is 7.11. The van der Waals surface area contributed by atoms with Gasteiger partial charge in [-0.15, -0.1) is 0 Å². The largest absolute Gasteiger partial charge is 0.462 e. The second-order valence-corrected chi connectivity index (χ2v) is 17.3. The highest BCUT2D eigenvalue weighted by molar-refractivity contribution is 5.71. The lowest BCUT2D eigenvalue weighted by Crippen LogP contribution is -2.30. The first-order valence-electron chi connectivity index (χ1n) is 23.7. The molecule has 0 aliphatic heterocycles. The average molecular weight is 765 g/mol. The number of hydrogen-bond donors (Lipinski definition) is 0. The zero-order valence-corrected chi connectivity index (χ0v) is 36.8. The van der Waals surface area contributed by atoms with Crippen molar-refractivity contribution in [3.05, 3.63) is 0 Å². The highest BCUT2D eigenvalue weighted by Crippen LogP contribution is 2.17. The Kier molecular flexibility index (Phi) is 39.8.